The minimum Gasteiger partial charge on any atom is -0.468 e. The van der Waals surface area contributed by atoms with Crippen molar-refractivity contribution in [3.63, 3.8) is 0 Å². The predicted octanol–water partition coefficient (Wildman–Crippen LogP) is 1.40. The summed E-state index contributed by atoms with van der Waals surface area (Å²) in [6, 6.07) is -0.236. The Hall–Kier alpha value is -0.260. The molecule has 0 aromatic carbocycles. The lowest BCUT2D eigenvalue weighted by atomic mass is 10.1. The average Bonchev–Trinajstić information content (AvgIpc) is 2.34. The molecule has 0 spiro atoms. The minimum atomic E-state index is -0.236. The second-order valence-electron chi connectivity index (χ2n) is 3.88. The quantitative estimate of drug-likeness (QED) is 0.719. The summed E-state index contributed by atoms with van der Waals surface area (Å²) in [6.45, 7) is 0.786. The van der Waals surface area contributed by atoms with Crippen molar-refractivity contribution in [1.82, 2.24) is 5.32 Å². The zero-order valence-corrected chi connectivity index (χ0v) is 10.8. The van der Waals surface area contributed by atoms with E-state index in [9.17, 15) is 4.79 Å². The molecule has 16 heavy (non-hydrogen) atoms. The standard InChI is InChI=1S/C11H21NO3S/c1-14-11(13)9(6-8-16-2)12-10-5-3-4-7-15-10/h9-10,12H,3-8H2,1-2H3/t9?,10-/m0/s1. The largest absolute Gasteiger partial charge is 0.468 e. The van der Waals surface area contributed by atoms with E-state index in [1.54, 1.807) is 11.8 Å². The van der Waals surface area contributed by atoms with Crippen molar-refractivity contribution in [2.75, 3.05) is 25.7 Å². The number of methoxy groups -OCH3 is 1. The van der Waals surface area contributed by atoms with Crippen LogP contribution in [0, 0.1) is 0 Å². The van der Waals surface area contributed by atoms with Crippen LogP contribution in [-0.4, -0.2) is 44.0 Å². The second-order valence-corrected chi connectivity index (χ2v) is 4.86. The number of hydrogen-bond donors (Lipinski definition) is 1. The first-order valence-corrected chi connectivity index (χ1v) is 7.11. The molecule has 0 aliphatic carbocycles. The van der Waals surface area contributed by atoms with Crippen LogP contribution in [0.4, 0.5) is 0 Å². The van der Waals surface area contributed by atoms with E-state index in [2.05, 4.69) is 5.32 Å². The molecule has 1 aliphatic heterocycles. The van der Waals surface area contributed by atoms with Crippen molar-refractivity contribution in [3.8, 4) is 0 Å². The number of carbonyl (C=O) groups excluding carboxylic acids is 1. The first kappa shape index (κ1) is 13.8. The number of esters is 1. The zero-order valence-electron chi connectivity index (χ0n) is 10.0. The van der Waals surface area contributed by atoms with Crippen molar-refractivity contribution in [2.45, 2.75) is 38.0 Å². The van der Waals surface area contributed by atoms with Crippen LogP contribution >= 0.6 is 11.8 Å². The third kappa shape index (κ3) is 4.72. The summed E-state index contributed by atoms with van der Waals surface area (Å²) in [5.41, 5.74) is 0. The molecule has 1 heterocycles. The van der Waals surface area contributed by atoms with E-state index in [0.29, 0.717) is 0 Å². The van der Waals surface area contributed by atoms with E-state index < -0.39 is 0 Å². The second kappa shape index (κ2) is 7.92. The smallest absolute Gasteiger partial charge is 0.322 e. The fraction of sp³-hybridized carbons (Fsp3) is 0.909. The summed E-state index contributed by atoms with van der Waals surface area (Å²) in [4.78, 5) is 11.5. The molecule has 0 aromatic heterocycles. The van der Waals surface area contributed by atoms with E-state index in [-0.39, 0.29) is 18.2 Å². The maximum Gasteiger partial charge on any atom is 0.322 e. The molecular formula is C11H21NO3S. The Labute approximate surface area is 101 Å². The molecule has 0 saturated carbocycles. The lowest BCUT2D eigenvalue weighted by Crippen LogP contribution is -2.46. The summed E-state index contributed by atoms with van der Waals surface area (Å²) in [5, 5.41) is 3.23. The highest BCUT2D eigenvalue weighted by Crippen LogP contribution is 2.12. The molecule has 0 bridgehead atoms. The summed E-state index contributed by atoms with van der Waals surface area (Å²) in [5.74, 6) is 0.752. The molecule has 0 radical (unpaired) electrons. The van der Waals surface area contributed by atoms with Crippen LogP contribution in [0.2, 0.25) is 0 Å². The summed E-state index contributed by atoms with van der Waals surface area (Å²) in [6.07, 6.45) is 6.09. The van der Waals surface area contributed by atoms with Crippen LogP contribution in [0.15, 0.2) is 0 Å². The molecule has 1 aliphatic rings. The Morgan fingerprint density at radius 3 is 3.00 bits per heavy atom. The third-order valence-electron chi connectivity index (χ3n) is 2.66. The molecule has 5 heteroatoms. The van der Waals surface area contributed by atoms with Crippen molar-refractivity contribution in [1.29, 1.82) is 0 Å². The molecule has 0 aromatic rings. The van der Waals surface area contributed by atoms with E-state index in [1.807, 2.05) is 6.26 Å². The first-order valence-electron chi connectivity index (χ1n) is 5.72. The Bertz CT molecular complexity index is 207. The fourth-order valence-electron chi connectivity index (χ4n) is 1.74. The van der Waals surface area contributed by atoms with E-state index in [4.69, 9.17) is 9.47 Å². The summed E-state index contributed by atoms with van der Waals surface area (Å²) < 4.78 is 10.3. The monoisotopic (exact) mass is 247 g/mol. The van der Waals surface area contributed by atoms with Gasteiger partial charge in [0.2, 0.25) is 0 Å². The van der Waals surface area contributed by atoms with Gasteiger partial charge in [-0.15, -0.1) is 0 Å². The SMILES string of the molecule is COC(=O)C(CCSC)N[C@@H]1CCCCO1. The van der Waals surface area contributed by atoms with Gasteiger partial charge in [0.05, 0.1) is 7.11 Å². The van der Waals surface area contributed by atoms with Crippen molar-refractivity contribution in [2.24, 2.45) is 0 Å². The van der Waals surface area contributed by atoms with Gasteiger partial charge in [-0.3, -0.25) is 10.1 Å². The molecular weight excluding hydrogens is 226 g/mol. The van der Waals surface area contributed by atoms with Gasteiger partial charge in [-0.05, 0) is 37.7 Å². The van der Waals surface area contributed by atoms with Crippen LogP contribution in [0.3, 0.4) is 0 Å². The zero-order chi connectivity index (χ0) is 11.8. The van der Waals surface area contributed by atoms with Crippen LogP contribution in [0.25, 0.3) is 0 Å². The third-order valence-corrected chi connectivity index (χ3v) is 3.31. The first-order chi connectivity index (χ1) is 7.77. The fourth-order valence-corrected chi connectivity index (χ4v) is 2.22. The van der Waals surface area contributed by atoms with Gasteiger partial charge < -0.3 is 9.47 Å². The Morgan fingerprint density at radius 2 is 2.44 bits per heavy atom. The van der Waals surface area contributed by atoms with E-state index >= 15 is 0 Å². The molecule has 1 N–H and O–H groups in total. The molecule has 94 valence electrons. The maximum absolute atomic E-state index is 11.5. The van der Waals surface area contributed by atoms with Crippen LogP contribution in [-0.2, 0) is 14.3 Å². The van der Waals surface area contributed by atoms with Crippen molar-refractivity contribution < 1.29 is 14.3 Å². The summed E-state index contributed by atoms with van der Waals surface area (Å²) >= 11 is 1.73. The normalized spacial score (nSPS) is 22.8. The van der Waals surface area contributed by atoms with E-state index in [1.165, 1.54) is 7.11 Å². The van der Waals surface area contributed by atoms with Crippen LogP contribution in [0.1, 0.15) is 25.7 Å². The van der Waals surface area contributed by atoms with Gasteiger partial charge in [0.25, 0.3) is 0 Å². The topological polar surface area (TPSA) is 47.6 Å². The maximum atomic E-state index is 11.5. The molecule has 1 rings (SSSR count). The molecule has 1 saturated heterocycles. The van der Waals surface area contributed by atoms with Gasteiger partial charge in [0.15, 0.2) is 0 Å². The number of thioether (sulfide) groups is 1. The number of rotatable bonds is 6. The van der Waals surface area contributed by atoms with Crippen LogP contribution < -0.4 is 5.32 Å². The van der Waals surface area contributed by atoms with Gasteiger partial charge in [-0.25, -0.2) is 0 Å². The molecule has 4 nitrogen and oxygen atoms in total. The Morgan fingerprint density at radius 1 is 1.62 bits per heavy atom. The molecule has 1 unspecified atom stereocenters. The lowest BCUT2D eigenvalue weighted by molar-refractivity contribution is -0.145. The Kier molecular flexibility index (Phi) is 6.84. The highest BCUT2D eigenvalue weighted by Gasteiger charge is 2.23. The highest BCUT2D eigenvalue weighted by molar-refractivity contribution is 7.98. The molecule has 1 fully saturated rings. The summed E-state index contributed by atoms with van der Waals surface area (Å²) in [7, 11) is 1.43. The number of nitrogens with one attached hydrogen (secondary N) is 1. The molecule has 0 amide bonds. The number of hydrogen-bond acceptors (Lipinski definition) is 5. The van der Waals surface area contributed by atoms with Gasteiger partial charge in [0, 0.05) is 6.61 Å². The average molecular weight is 247 g/mol. The molecule has 2 atom stereocenters. The number of ether oxygens (including phenoxy) is 2. The van der Waals surface area contributed by atoms with Gasteiger partial charge in [-0.1, -0.05) is 0 Å². The van der Waals surface area contributed by atoms with Crippen molar-refractivity contribution in [3.05, 3.63) is 0 Å². The van der Waals surface area contributed by atoms with E-state index in [0.717, 1.165) is 38.0 Å². The van der Waals surface area contributed by atoms with Crippen LogP contribution in [0.5, 0.6) is 0 Å². The Balaban J connectivity index is 2.38. The number of carbonyl (C=O) groups is 1. The van der Waals surface area contributed by atoms with Gasteiger partial charge >= 0.3 is 5.97 Å². The van der Waals surface area contributed by atoms with Gasteiger partial charge in [0.1, 0.15) is 12.3 Å². The lowest BCUT2D eigenvalue weighted by Gasteiger charge is -2.27. The predicted molar refractivity (Wildman–Crippen MR) is 65.5 cm³/mol. The minimum absolute atomic E-state index is 0.0136. The highest BCUT2D eigenvalue weighted by atomic mass is 32.2. The van der Waals surface area contributed by atoms with Crippen molar-refractivity contribution >= 4 is 17.7 Å². The van der Waals surface area contributed by atoms with Gasteiger partial charge in [-0.2, -0.15) is 11.8 Å².